The van der Waals surface area contributed by atoms with Crippen LogP contribution in [-0.2, 0) is 6.42 Å². The molecule has 4 heteroatoms. The fourth-order valence-corrected chi connectivity index (χ4v) is 2.61. The summed E-state index contributed by atoms with van der Waals surface area (Å²) in [6.45, 7) is 0. The molecular formula is C12H14N2S2. The molecule has 0 atom stereocenters. The number of aromatic amines is 1. The summed E-state index contributed by atoms with van der Waals surface area (Å²) in [4.78, 5) is 6.43. The molecule has 2 rings (SSSR count). The maximum Gasteiger partial charge on any atom is 0.158 e. The number of H-pyrrole nitrogens is 1. The number of rotatable bonds is 3. The molecule has 0 saturated heterocycles. The molecular weight excluding hydrogens is 236 g/mol. The Morgan fingerprint density at radius 3 is 2.44 bits per heavy atom. The molecule has 0 unspecified atom stereocenters. The van der Waals surface area contributed by atoms with Crippen LogP contribution >= 0.6 is 23.6 Å². The van der Waals surface area contributed by atoms with Crippen LogP contribution in [0.3, 0.4) is 0 Å². The Balaban J connectivity index is 2.14. The van der Waals surface area contributed by atoms with E-state index in [4.69, 9.17) is 12.2 Å². The van der Waals surface area contributed by atoms with Crippen molar-refractivity contribution in [1.82, 2.24) is 4.98 Å². The number of aromatic nitrogens is 1. The van der Waals surface area contributed by atoms with Gasteiger partial charge in [-0.3, -0.25) is 0 Å². The van der Waals surface area contributed by atoms with Gasteiger partial charge in [-0.1, -0.05) is 12.1 Å². The Kier molecular flexibility index (Phi) is 3.41. The molecule has 1 heterocycles. The maximum absolute atomic E-state index is 5.06. The third-order valence-electron chi connectivity index (χ3n) is 2.41. The highest BCUT2D eigenvalue weighted by Gasteiger charge is 1.99. The van der Waals surface area contributed by atoms with Gasteiger partial charge in [-0.25, -0.2) is 0 Å². The largest absolute Gasteiger partial charge is 0.378 e. The number of nitrogens with one attached hydrogen (secondary N) is 1. The number of hydrogen-bond donors (Lipinski definition) is 1. The second kappa shape index (κ2) is 4.80. The van der Waals surface area contributed by atoms with E-state index in [9.17, 15) is 0 Å². The van der Waals surface area contributed by atoms with Gasteiger partial charge < -0.3 is 9.88 Å². The van der Waals surface area contributed by atoms with Crippen LogP contribution in [0.15, 0.2) is 30.5 Å². The van der Waals surface area contributed by atoms with Crippen LogP contribution in [0, 0.1) is 3.95 Å². The van der Waals surface area contributed by atoms with Crippen molar-refractivity contribution in [2.45, 2.75) is 6.42 Å². The Bertz CT molecular complexity index is 508. The van der Waals surface area contributed by atoms with Crippen LogP contribution < -0.4 is 4.90 Å². The van der Waals surface area contributed by atoms with Crippen LogP contribution in [0.2, 0.25) is 0 Å². The summed E-state index contributed by atoms with van der Waals surface area (Å²) in [5.74, 6) is 0. The molecule has 0 aliphatic heterocycles. The molecule has 2 nitrogen and oxygen atoms in total. The Morgan fingerprint density at radius 2 is 1.94 bits per heavy atom. The topological polar surface area (TPSA) is 19.0 Å². The van der Waals surface area contributed by atoms with Crippen LogP contribution in [-0.4, -0.2) is 19.1 Å². The average Bonchev–Trinajstić information content (AvgIpc) is 2.65. The number of thiazole rings is 1. The first-order chi connectivity index (χ1) is 7.65. The molecule has 0 bridgehead atoms. The van der Waals surface area contributed by atoms with E-state index in [1.807, 2.05) is 20.3 Å². The lowest BCUT2D eigenvalue weighted by molar-refractivity contribution is 1.12. The van der Waals surface area contributed by atoms with E-state index in [1.54, 1.807) is 11.3 Å². The van der Waals surface area contributed by atoms with Crippen molar-refractivity contribution in [3.8, 4) is 0 Å². The van der Waals surface area contributed by atoms with Gasteiger partial charge in [0.1, 0.15) is 0 Å². The molecule has 0 spiro atoms. The van der Waals surface area contributed by atoms with Crippen LogP contribution in [0.5, 0.6) is 0 Å². The zero-order valence-corrected chi connectivity index (χ0v) is 11.0. The van der Waals surface area contributed by atoms with Crippen molar-refractivity contribution in [3.05, 3.63) is 44.9 Å². The summed E-state index contributed by atoms with van der Waals surface area (Å²) in [6, 6.07) is 8.61. The molecule has 2 aromatic rings. The van der Waals surface area contributed by atoms with Crippen molar-refractivity contribution < 1.29 is 0 Å². The minimum absolute atomic E-state index is 0.847. The Hall–Kier alpha value is -1.13. The van der Waals surface area contributed by atoms with E-state index in [0.29, 0.717) is 0 Å². The van der Waals surface area contributed by atoms with E-state index < -0.39 is 0 Å². The SMILES string of the molecule is CN(C)c1ccc(Cc2c[nH]c(=S)s2)cc1. The number of nitrogens with zero attached hydrogens (tertiary/aromatic N) is 1. The summed E-state index contributed by atoms with van der Waals surface area (Å²) in [5, 5.41) is 0. The fraction of sp³-hybridized carbons (Fsp3) is 0.250. The molecule has 0 aliphatic carbocycles. The first kappa shape index (κ1) is 11.4. The lowest BCUT2D eigenvalue weighted by Gasteiger charge is -2.12. The molecule has 1 aromatic carbocycles. The molecule has 0 saturated carbocycles. The van der Waals surface area contributed by atoms with Crippen molar-refractivity contribution in [1.29, 1.82) is 0 Å². The lowest BCUT2D eigenvalue weighted by Crippen LogP contribution is -2.08. The predicted molar refractivity (Wildman–Crippen MR) is 73.1 cm³/mol. The van der Waals surface area contributed by atoms with Crippen LogP contribution in [0.1, 0.15) is 10.4 Å². The zero-order chi connectivity index (χ0) is 11.5. The van der Waals surface area contributed by atoms with Crippen LogP contribution in [0.4, 0.5) is 5.69 Å². The minimum atomic E-state index is 0.847. The summed E-state index contributed by atoms with van der Waals surface area (Å²) in [6.07, 6.45) is 2.94. The molecule has 1 N–H and O–H groups in total. The molecule has 0 radical (unpaired) electrons. The summed E-state index contributed by atoms with van der Waals surface area (Å²) >= 11 is 6.70. The highest BCUT2D eigenvalue weighted by atomic mass is 32.1. The highest BCUT2D eigenvalue weighted by Crippen LogP contribution is 2.17. The number of benzene rings is 1. The van der Waals surface area contributed by atoms with Gasteiger partial charge in [0.25, 0.3) is 0 Å². The highest BCUT2D eigenvalue weighted by molar-refractivity contribution is 7.73. The molecule has 0 fully saturated rings. The van der Waals surface area contributed by atoms with Gasteiger partial charge in [0.15, 0.2) is 3.95 Å². The van der Waals surface area contributed by atoms with Crippen molar-refractivity contribution in [2.75, 3.05) is 19.0 Å². The van der Waals surface area contributed by atoms with Gasteiger partial charge in [0, 0.05) is 37.3 Å². The zero-order valence-electron chi connectivity index (χ0n) is 9.36. The summed E-state index contributed by atoms with van der Waals surface area (Å²) in [7, 11) is 4.10. The smallest absolute Gasteiger partial charge is 0.158 e. The number of anilines is 1. The normalized spacial score (nSPS) is 10.4. The van der Waals surface area contributed by atoms with E-state index in [1.165, 1.54) is 16.1 Å². The third kappa shape index (κ3) is 2.71. The Morgan fingerprint density at radius 1 is 1.25 bits per heavy atom. The van der Waals surface area contributed by atoms with Gasteiger partial charge >= 0.3 is 0 Å². The molecule has 0 aliphatic rings. The second-order valence-corrected chi connectivity index (χ2v) is 5.69. The van der Waals surface area contributed by atoms with E-state index in [2.05, 4.69) is 34.1 Å². The second-order valence-electron chi connectivity index (χ2n) is 3.88. The van der Waals surface area contributed by atoms with E-state index >= 15 is 0 Å². The minimum Gasteiger partial charge on any atom is -0.378 e. The van der Waals surface area contributed by atoms with Gasteiger partial charge in [-0.2, -0.15) is 0 Å². The molecule has 16 heavy (non-hydrogen) atoms. The molecule has 0 amide bonds. The maximum atomic E-state index is 5.06. The van der Waals surface area contributed by atoms with Gasteiger partial charge in [0.2, 0.25) is 0 Å². The van der Waals surface area contributed by atoms with Crippen molar-refractivity contribution in [3.63, 3.8) is 0 Å². The Labute approximate surface area is 105 Å². The standard InChI is InChI=1S/C12H14N2S2/c1-14(2)10-5-3-9(4-6-10)7-11-8-13-12(15)16-11/h3-6,8H,7H2,1-2H3,(H,13,15). The quantitative estimate of drug-likeness (QED) is 0.841. The average molecular weight is 250 g/mol. The monoisotopic (exact) mass is 250 g/mol. The first-order valence-electron chi connectivity index (χ1n) is 5.09. The van der Waals surface area contributed by atoms with E-state index in [0.717, 1.165) is 10.4 Å². The number of hydrogen-bond acceptors (Lipinski definition) is 3. The molecule has 84 valence electrons. The third-order valence-corrected chi connectivity index (χ3v) is 3.60. The molecule has 1 aromatic heterocycles. The van der Waals surface area contributed by atoms with Crippen molar-refractivity contribution in [2.24, 2.45) is 0 Å². The lowest BCUT2D eigenvalue weighted by atomic mass is 10.1. The van der Waals surface area contributed by atoms with Gasteiger partial charge in [0.05, 0.1) is 0 Å². The predicted octanol–water partition coefficient (Wildman–Crippen LogP) is 3.46. The van der Waals surface area contributed by atoms with Gasteiger partial charge in [-0.15, -0.1) is 11.3 Å². The summed E-state index contributed by atoms with van der Waals surface area (Å²) < 4.78 is 0.847. The van der Waals surface area contributed by atoms with Crippen LogP contribution in [0.25, 0.3) is 0 Å². The van der Waals surface area contributed by atoms with Crippen molar-refractivity contribution >= 4 is 29.2 Å². The summed E-state index contributed by atoms with van der Waals surface area (Å²) in [5.41, 5.74) is 2.54. The fourth-order valence-electron chi connectivity index (χ4n) is 1.52. The van der Waals surface area contributed by atoms with Gasteiger partial charge in [-0.05, 0) is 29.9 Å². The van der Waals surface area contributed by atoms with E-state index in [-0.39, 0.29) is 0 Å². The first-order valence-corrected chi connectivity index (χ1v) is 6.31.